The Labute approximate surface area is 153 Å². The molecule has 1 aromatic heterocycles. The molecule has 3 rings (SSSR count). The van der Waals surface area contributed by atoms with E-state index < -0.39 is 23.0 Å². The van der Waals surface area contributed by atoms with Crippen molar-refractivity contribution in [2.45, 2.75) is 6.42 Å². The van der Waals surface area contributed by atoms with E-state index in [9.17, 15) is 23.6 Å². The standard InChI is InChI=1S/C18H19FN4O4/c1-21-16(25)13(11-20-18(21)27)17(26)23-8-6-22(7-9-23)15(24)10-12-4-2-3-5-14(12)19/h2-5,11H,6-10H2,1H3,(H,20,27). The van der Waals surface area contributed by atoms with Crippen LogP contribution in [0.1, 0.15) is 15.9 Å². The van der Waals surface area contributed by atoms with Crippen LogP contribution >= 0.6 is 0 Å². The van der Waals surface area contributed by atoms with Crippen molar-refractivity contribution in [2.24, 2.45) is 7.05 Å². The summed E-state index contributed by atoms with van der Waals surface area (Å²) >= 11 is 0. The van der Waals surface area contributed by atoms with Crippen LogP contribution in [0.25, 0.3) is 0 Å². The summed E-state index contributed by atoms with van der Waals surface area (Å²) in [4.78, 5) is 53.7. The smallest absolute Gasteiger partial charge is 0.328 e. The minimum absolute atomic E-state index is 0.0406. The zero-order valence-corrected chi connectivity index (χ0v) is 14.8. The van der Waals surface area contributed by atoms with Gasteiger partial charge in [0.05, 0.1) is 6.42 Å². The van der Waals surface area contributed by atoms with Crippen LogP contribution in [0.4, 0.5) is 4.39 Å². The molecule has 0 saturated carbocycles. The molecule has 142 valence electrons. The van der Waals surface area contributed by atoms with Gasteiger partial charge in [0.15, 0.2) is 0 Å². The predicted octanol–water partition coefficient (Wildman–Crippen LogP) is -0.260. The first-order chi connectivity index (χ1) is 12.9. The highest BCUT2D eigenvalue weighted by atomic mass is 19.1. The first-order valence-corrected chi connectivity index (χ1v) is 8.47. The first-order valence-electron chi connectivity index (χ1n) is 8.47. The molecule has 0 aliphatic carbocycles. The Kier molecular flexibility index (Phi) is 5.20. The van der Waals surface area contributed by atoms with Gasteiger partial charge in [0.1, 0.15) is 11.4 Å². The number of carbonyl (C=O) groups is 2. The lowest BCUT2D eigenvalue weighted by molar-refractivity contribution is -0.132. The van der Waals surface area contributed by atoms with Crippen LogP contribution in [0.5, 0.6) is 0 Å². The van der Waals surface area contributed by atoms with Crippen molar-refractivity contribution in [3.8, 4) is 0 Å². The molecule has 9 heteroatoms. The minimum atomic E-state index is -0.665. The third-order valence-electron chi connectivity index (χ3n) is 4.63. The van der Waals surface area contributed by atoms with Crippen LogP contribution in [0.15, 0.2) is 40.1 Å². The number of H-pyrrole nitrogens is 1. The van der Waals surface area contributed by atoms with Crippen LogP contribution in [-0.4, -0.2) is 57.3 Å². The summed E-state index contributed by atoms with van der Waals surface area (Å²) in [7, 11) is 1.29. The number of aromatic amines is 1. The van der Waals surface area contributed by atoms with Gasteiger partial charge < -0.3 is 14.8 Å². The molecular weight excluding hydrogens is 355 g/mol. The molecule has 1 aromatic carbocycles. The van der Waals surface area contributed by atoms with Gasteiger partial charge in [-0.3, -0.25) is 19.0 Å². The molecule has 27 heavy (non-hydrogen) atoms. The topological polar surface area (TPSA) is 95.5 Å². The number of aromatic nitrogens is 2. The largest absolute Gasteiger partial charge is 0.339 e. The molecule has 2 heterocycles. The van der Waals surface area contributed by atoms with Gasteiger partial charge >= 0.3 is 5.69 Å². The Morgan fingerprint density at radius 1 is 1.07 bits per heavy atom. The van der Waals surface area contributed by atoms with E-state index in [1.165, 1.54) is 18.0 Å². The summed E-state index contributed by atoms with van der Waals surface area (Å²) in [6, 6.07) is 6.12. The van der Waals surface area contributed by atoms with Gasteiger partial charge in [-0.25, -0.2) is 9.18 Å². The van der Waals surface area contributed by atoms with E-state index in [0.29, 0.717) is 18.7 Å². The molecule has 1 fully saturated rings. The molecule has 1 aliphatic rings. The van der Waals surface area contributed by atoms with Gasteiger partial charge in [0.25, 0.3) is 11.5 Å². The predicted molar refractivity (Wildman–Crippen MR) is 94.9 cm³/mol. The number of piperazine rings is 1. The molecule has 0 bridgehead atoms. The maximum Gasteiger partial charge on any atom is 0.328 e. The Morgan fingerprint density at radius 2 is 1.70 bits per heavy atom. The molecule has 8 nitrogen and oxygen atoms in total. The second-order valence-electron chi connectivity index (χ2n) is 6.31. The summed E-state index contributed by atoms with van der Waals surface area (Å²) in [6.45, 7) is 1.10. The first kappa shape index (κ1) is 18.6. The molecule has 0 atom stereocenters. The number of benzene rings is 1. The lowest BCUT2D eigenvalue weighted by Crippen LogP contribution is -2.52. The molecule has 1 saturated heterocycles. The van der Waals surface area contributed by atoms with E-state index in [4.69, 9.17) is 0 Å². The highest BCUT2D eigenvalue weighted by molar-refractivity contribution is 5.93. The number of amides is 2. The zero-order chi connectivity index (χ0) is 19.6. The fourth-order valence-electron chi connectivity index (χ4n) is 2.96. The number of hydrogen-bond donors (Lipinski definition) is 1. The lowest BCUT2D eigenvalue weighted by Gasteiger charge is -2.34. The summed E-state index contributed by atoms with van der Waals surface area (Å²) in [6.07, 6.45) is 1.07. The Hall–Kier alpha value is -3.23. The van der Waals surface area contributed by atoms with Crippen LogP contribution in [0.3, 0.4) is 0 Å². The van der Waals surface area contributed by atoms with Crippen molar-refractivity contribution < 1.29 is 14.0 Å². The molecule has 2 aromatic rings. The third-order valence-corrected chi connectivity index (χ3v) is 4.63. The lowest BCUT2D eigenvalue weighted by atomic mass is 10.1. The van der Waals surface area contributed by atoms with Crippen LogP contribution < -0.4 is 11.2 Å². The Bertz CT molecular complexity index is 989. The summed E-state index contributed by atoms with van der Waals surface area (Å²) < 4.78 is 14.5. The number of rotatable bonds is 3. The van der Waals surface area contributed by atoms with Crippen molar-refractivity contribution in [3.63, 3.8) is 0 Å². The van der Waals surface area contributed by atoms with Crippen molar-refractivity contribution in [3.05, 3.63) is 68.2 Å². The second-order valence-corrected chi connectivity index (χ2v) is 6.31. The average molecular weight is 374 g/mol. The van der Waals surface area contributed by atoms with E-state index in [1.807, 2.05) is 0 Å². The second kappa shape index (κ2) is 7.56. The monoisotopic (exact) mass is 374 g/mol. The molecule has 0 radical (unpaired) electrons. The maximum absolute atomic E-state index is 13.7. The van der Waals surface area contributed by atoms with E-state index in [-0.39, 0.29) is 31.0 Å². The SMILES string of the molecule is Cn1c(=O)[nH]cc(C(=O)N2CCN(C(=O)Cc3ccccc3F)CC2)c1=O. The molecule has 2 amide bonds. The van der Waals surface area contributed by atoms with E-state index in [0.717, 1.165) is 10.8 Å². The van der Waals surface area contributed by atoms with Gasteiger partial charge in [0.2, 0.25) is 5.91 Å². The van der Waals surface area contributed by atoms with Gasteiger partial charge in [-0.05, 0) is 11.6 Å². The van der Waals surface area contributed by atoms with Gasteiger partial charge in [-0.2, -0.15) is 0 Å². The van der Waals surface area contributed by atoms with E-state index in [2.05, 4.69) is 4.98 Å². The maximum atomic E-state index is 13.7. The zero-order valence-electron chi connectivity index (χ0n) is 14.8. The van der Waals surface area contributed by atoms with Gasteiger partial charge in [-0.15, -0.1) is 0 Å². The summed E-state index contributed by atoms with van der Waals surface area (Å²) in [5.74, 6) is -1.13. The molecule has 1 N–H and O–H groups in total. The van der Waals surface area contributed by atoms with Crippen LogP contribution in [0, 0.1) is 5.82 Å². The number of halogens is 1. The summed E-state index contributed by atoms with van der Waals surface area (Å²) in [5, 5.41) is 0. The van der Waals surface area contributed by atoms with Crippen molar-refractivity contribution in [2.75, 3.05) is 26.2 Å². The average Bonchev–Trinajstić information content (AvgIpc) is 2.67. The van der Waals surface area contributed by atoms with Crippen LogP contribution in [-0.2, 0) is 18.3 Å². The van der Waals surface area contributed by atoms with Crippen molar-refractivity contribution in [1.29, 1.82) is 0 Å². The quantitative estimate of drug-likeness (QED) is 0.801. The van der Waals surface area contributed by atoms with Crippen LogP contribution in [0.2, 0.25) is 0 Å². The molecule has 0 unspecified atom stereocenters. The van der Waals surface area contributed by atoms with Crippen molar-refractivity contribution in [1.82, 2.24) is 19.4 Å². The van der Waals surface area contributed by atoms with Gasteiger partial charge in [0, 0.05) is 39.4 Å². The molecule has 1 aliphatic heterocycles. The normalized spacial score (nSPS) is 14.3. The van der Waals surface area contributed by atoms with E-state index >= 15 is 0 Å². The Balaban J connectivity index is 1.63. The highest BCUT2D eigenvalue weighted by Gasteiger charge is 2.27. The third kappa shape index (κ3) is 3.81. The van der Waals surface area contributed by atoms with Crippen molar-refractivity contribution >= 4 is 11.8 Å². The molecule has 0 spiro atoms. The summed E-state index contributed by atoms with van der Waals surface area (Å²) in [5.41, 5.74) is -1.05. The highest BCUT2D eigenvalue weighted by Crippen LogP contribution is 2.11. The Morgan fingerprint density at radius 3 is 2.37 bits per heavy atom. The van der Waals surface area contributed by atoms with E-state index in [1.54, 1.807) is 23.1 Å². The number of hydrogen-bond acceptors (Lipinski definition) is 4. The number of nitrogens with zero attached hydrogens (tertiary/aromatic N) is 3. The number of carbonyl (C=O) groups excluding carboxylic acids is 2. The number of nitrogens with one attached hydrogen (secondary N) is 1. The van der Waals surface area contributed by atoms with Gasteiger partial charge in [-0.1, -0.05) is 18.2 Å². The minimum Gasteiger partial charge on any atom is -0.339 e. The molecular formula is C18H19FN4O4. The fraction of sp³-hybridized carbons (Fsp3) is 0.333. The fourth-order valence-corrected chi connectivity index (χ4v) is 2.96.